The second kappa shape index (κ2) is 6.53. The fraction of sp³-hybridized carbons (Fsp3) is 0.611. The Kier molecular flexibility index (Phi) is 4.37. The molecule has 2 aliphatic heterocycles. The number of carbonyl (C=O) groups is 1. The van der Waals surface area contributed by atoms with Crippen molar-refractivity contribution in [3.05, 3.63) is 26.6 Å². The first-order valence-corrected chi connectivity index (χ1v) is 9.85. The van der Waals surface area contributed by atoms with Gasteiger partial charge < -0.3 is 15.2 Å². The predicted molar refractivity (Wildman–Crippen MR) is 99.2 cm³/mol. The summed E-state index contributed by atoms with van der Waals surface area (Å²) in [5.41, 5.74) is 0.911. The van der Waals surface area contributed by atoms with E-state index in [4.69, 9.17) is 0 Å². The first kappa shape index (κ1) is 16.7. The maximum absolute atomic E-state index is 12.6. The van der Waals surface area contributed by atoms with Crippen LogP contribution in [-0.4, -0.2) is 45.9 Å². The normalized spacial score (nSPS) is 23.2. The van der Waals surface area contributed by atoms with Crippen molar-refractivity contribution in [2.24, 2.45) is 0 Å². The molecular formula is C18H24N4O2S. The summed E-state index contributed by atoms with van der Waals surface area (Å²) in [7, 11) is 0. The van der Waals surface area contributed by atoms with Gasteiger partial charge in [0.2, 0.25) is 5.91 Å². The van der Waals surface area contributed by atoms with Gasteiger partial charge in [-0.15, -0.1) is 11.3 Å². The van der Waals surface area contributed by atoms with E-state index in [0.717, 1.165) is 41.2 Å². The average molecular weight is 360 g/mol. The third kappa shape index (κ3) is 3.22. The lowest BCUT2D eigenvalue weighted by atomic mass is 10.1. The van der Waals surface area contributed by atoms with Crippen LogP contribution >= 0.6 is 11.3 Å². The molecule has 25 heavy (non-hydrogen) atoms. The third-order valence-electron chi connectivity index (χ3n) is 5.54. The number of likely N-dealkylation sites (tertiary alicyclic amines) is 1. The average Bonchev–Trinajstić information content (AvgIpc) is 3.04. The number of aromatic amines is 1. The Hall–Kier alpha value is -1.73. The van der Waals surface area contributed by atoms with E-state index in [-0.39, 0.29) is 11.5 Å². The van der Waals surface area contributed by atoms with Crippen LogP contribution in [-0.2, 0) is 11.2 Å². The van der Waals surface area contributed by atoms with Crippen LogP contribution in [0.25, 0.3) is 10.2 Å². The van der Waals surface area contributed by atoms with Gasteiger partial charge in [-0.3, -0.25) is 9.59 Å². The van der Waals surface area contributed by atoms with Gasteiger partial charge in [-0.25, -0.2) is 4.98 Å². The van der Waals surface area contributed by atoms with Crippen LogP contribution in [0.3, 0.4) is 0 Å². The van der Waals surface area contributed by atoms with Gasteiger partial charge in [0.1, 0.15) is 10.7 Å². The van der Waals surface area contributed by atoms with Crippen LogP contribution in [0.15, 0.2) is 4.79 Å². The molecule has 2 aromatic rings. The Labute approximate surface area is 150 Å². The molecule has 7 heteroatoms. The third-order valence-corrected chi connectivity index (χ3v) is 6.64. The number of aryl methyl sites for hydroxylation is 3. The molecule has 2 atom stereocenters. The number of nitrogens with one attached hydrogen (secondary N) is 2. The maximum atomic E-state index is 12.6. The lowest BCUT2D eigenvalue weighted by molar-refractivity contribution is -0.131. The van der Waals surface area contributed by atoms with Crippen LogP contribution in [0.5, 0.6) is 0 Å². The maximum Gasteiger partial charge on any atom is 0.259 e. The monoisotopic (exact) mass is 360 g/mol. The molecule has 0 saturated carbocycles. The number of amides is 1. The molecule has 2 bridgehead atoms. The van der Waals surface area contributed by atoms with Crippen molar-refractivity contribution >= 4 is 27.5 Å². The van der Waals surface area contributed by atoms with E-state index in [1.165, 1.54) is 6.42 Å². The van der Waals surface area contributed by atoms with Crippen molar-refractivity contribution < 1.29 is 4.79 Å². The number of carbonyl (C=O) groups excluding carboxylic acids is 1. The lowest BCUT2D eigenvalue weighted by Gasteiger charge is -2.24. The van der Waals surface area contributed by atoms with Crippen molar-refractivity contribution in [2.75, 3.05) is 13.1 Å². The Morgan fingerprint density at radius 1 is 1.28 bits per heavy atom. The molecule has 0 aliphatic carbocycles. The van der Waals surface area contributed by atoms with Gasteiger partial charge in [0.25, 0.3) is 5.56 Å². The number of nitrogens with zero attached hydrogens (tertiary/aromatic N) is 2. The highest BCUT2D eigenvalue weighted by atomic mass is 32.1. The molecule has 6 nitrogen and oxygen atoms in total. The SMILES string of the molecule is Cc1sc2nc(CCC(=O)N3CCC4CCC(C3)N4)[nH]c(=O)c2c1C. The smallest absolute Gasteiger partial charge is 0.259 e. The minimum atomic E-state index is -0.0921. The van der Waals surface area contributed by atoms with E-state index < -0.39 is 0 Å². The molecule has 2 N–H and O–H groups in total. The molecule has 2 unspecified atom stereocenters. The number of hydrogen-bond acceptors (Lipinski definition) is 5. The van der Waals surface area contributed by atoms with Crippen molar-refractivity contribution in [3.63, 3.8) is 0 Å². The van der Waals surface area contributed by atoms with Gasteiger partial charge in [0.05, 0.1) is 5.39 Å². The van der Waals surface area contributed by atoms with Crippen molar-refractivity contribution in [1.29, 1.82) is 0 Å². The number of fused-ring (bicyclic) bond motifs is 3. The zero-order chi connectivity index (χ0) is 17.6. The summed E-state index contributed by atoms with van der Waals surface area (Å²) < 4.78 is 0. The zero-order valence-electron chi connectivity index (χ0n) is 14.7. The number of aromatic nitrogens is 2. The molecule has 134 valence electrons. The first-order chi connectivity index (χ1) is 12.0. The fourth-order valence-corrected chi connectivity index (χ4v) is 5.02. The molecule has 2 saturated heterocycles. The van der Waals surface area contributed by atoms with Crippen LogP contribution in [0, 0.1) is 13.8 Å². The van der Waals surface area contributed by atoms with Gasteiger partial charge in [-0.1, -0.05) is 0 Å². The van der Waals surface area contributed by atoms with Crippen LogP contribution in [0.2, 0.25) is 0 Å². The molecule has 1 amide bonds. The van der Waals surface area contributed by atoms with E-state index in [0.29, 0.717) is 36.1 Å². The largest absolute Gasteiger partial charge is 0.341 e. The second-order valence-corrected chi connectivity index (χ2v) is 8.45. The molecule has 0 radical (unpaired) electrons. The fourth-order valence-electron chi connectivity index (χ4n) is 3.97. The molecular weight excluding hydrogens is 336 g/mol. The number of rotatable bonds is 3. The summed E-state index contributed by atoms with van der Waals surface area (Å²) in [6.07, 6.45) is 4.32. The lowest BCUT2D eigenvalue weighted by Crippen LogP contribution is -2.39. The van der Waals surface area contributed by atoms with Gasteiger partial charge in [0.15, 0.2) is 0 Å². The molecule has 0 spiro atoms. The van der Waals surface area contributed by atoms with Crippen LogP contribution in [0.4, 0.5) is 0 Å². The summed E-state index contributed by atoms with van der Waals surface area (Å²) in [6.45, 7) is 5.60. The van der Waals surface area contributed by atoms with Gasteiger partial charge >= 0.3 is 0 Å². The second-order valence-electron chi connectivity index (χ2n) is 7.24. The highest BCUT2D eigenvalue weighted by Crippen LogP contribution is 2.26. The van der Waals surface area contributed by atoms with E-state index in [2.05, 4.69) is 15.3 Å². The number of hydrogen-bond donors (Lipinski definition) is 2. The Balaban J connectivity index is 1.45. The predicted octanol–water partition coefficient (Wildman–Crippen LogP) is 1.89. The van der Waals surface area contributed by atoms with Crippen molar-refractivity contribution in [1.82, 2.24) is 20.2 Å². The van der Waals surface area contributed by atoms with Crippen LogP contribution < -0.4 is 10.9 Å². The Morgan fingerprint density at radius 2 is 2.08 bits per heavy atom. The van der Waals surface area contributed by atoms with Crippen molar-refractivity contribution in [2.45, 2.75) is 58.0 Å². The highest BCUT2D eigenvalue weighted by molar-refractivity contribution is 7.18. The van der Waals surface area contributed by atoms with Crippen LogP contribution in [0.1, 0.15) is 41.9 Å². The summed E-state index contributed by atoms with van der Waals surface area (Å²) >= 11 is 1.55. The highest BCUT2D eigenvalue weighted by Gasteiger charge is 2.30. The molecule has 2 aromatic heterocycles. The van der Waals surface area contributed by atoms with Gasteiger partial charge in [-0.05, 0) is 38.7 Å². The summed E-state index contributed by atoms with van der Waals surface area (Å²) in [5.74, 6) is 0.775. The summed E-state index contributed by atoms with van der Waals surface area (Å²) in [5, 5.41) is 4.28. The Bertz CT molecular complexity index is 872. The standard InChI is InChI=1S/C18H24N4O2S/c1-10-11(2)25-18-16(10)17(24)20-14(21-18)5-6-15(23)22-8-7-12-3-4-13(9-22)19-12/h12-13,19H,3-9H2,1-2H3,(H,20,21,24). The zero-order valence-corrected chi connectivity index (χ0v) is 15.5. The topological polar surface area (TPSA) is 78.1 Å². The molecule has 4 rings (SSSR count). The van der Waals surface area contributed by atoms with E-state index in [1.54, 1.807) is 11.3 Å². The van der Waals surface area contributed by atoms with E-state index in [9.17, 15) is 9.59 Å². The van der Waals surface area contributed by atoms with Gasteiger partial charge in [0, 0.05) is 42.9 Å². The summed E-state index contributed by atoms with van der Waals surface area (Å²) in [6, 6.07) is 1.02. The number of thiophene rings is 1. The molecule has 4 heterocycles. The van der Waals surface area contributed by atoms with Gasteiger partial charge in [-0.2, -0.15) is 0 Å². The van der Waals surface area contributed by atoms with E-state index in [1.807, 2.05) is 18.7 Å². The Morgan fingerprint density at radius 3 is 2.92 bits per heavy atom. The van der Waals surface area contributed by atoms with Crippen molar-refractivity contribution in [3.8, 4) is 0 Å². The quantitative estimate of drug-likeness (QED) is 0.876. The number of H-pyrrole nitrogens is 1. The molecule has 0 aromatic carbocycles. The minimum absolute atomic E-state index is 0.0921. The molecule has 2 fully saturated rings. The minimum Gasteiger partial charge on any atom is -0.341 e. The summed E-state index contributed by atoms with van der Waals surface area (Å²) in [4.78, 5) is 36.2. The molecule has 2 aliphatic rings. The first-order valence-electron chi connectivity index (χ1n) is 9.04. The van der Waals surface area contributed by atoms with E-state index >= 15 is 0 Å².